The number of hydrogen-bond donors (Lipinski definition) is 3. The van der Waals surface area contributed by atoms with Gasteiger partial charge in [-0.2, -0.15) is 0 Å². The minimum absolute atomic E-state index is 0.0607. The number of carbonyl (C=O) groups is 1. The van der Waals surface area contributed by atoms with Gasteiger partial charge in [-0.15, -0.1) is 0 Å². The normalized spacial score (nSPS) is 23.5. The quantitative estimate of drug-likeness (QED) is 0.454. The summed E-state index contributed by atoms with van der Waals surface area (Å²) < 4.78 is 58.0. The van der Waals surface area contributed by atoms with Gasteiger partial charge in [0.1, 0.15) is 23.8 Å². The van der Waals surface area contributed by atoms with Crippen molar-refractivity contribution in [2.45, 2.75) is 42.0 Å². The number of methoxy groups -OCH3 is 1. The highest BCUT2D eigenvalue weighted by Crippen LogP contribution is 2.47. The van der Waals surface area contributed by atoms with Crippen molar-refractivity contribution in [3.8, 4) is 5.75 Å². The van der Waals surface area contributed by atoms with Crippen molar-refractivity contribution in [1.29, 1.82) is 0 Å². The first kappa shape index (κ1) is 24.4. The van der Waals surface area contributed by atoms with Gasteiger partial charge in [0.2, 0.25) is 5.91 Å². The van der Waals surface area contributed by atoms with Crippen LogP contribution in [0.4, 0.5) is 10.1 Å². The lowest BCUT2D eigenvalue weighted by atomic mass is 9.84. The van der Waals surface area contributed by atoms with E-state index in [1.807, 2.05) is 0 Å². The Morgan fingerprint density at radius 1 is 1.24 bits per heavy atom. The lowest BCUT2D eigenvalue weighted by molar-refractivity contribution is -0.142. The molecule has 4 rings (SSSR count). The maximum absolute atomic E-state index is 13.2. The van der Waals surface area contributed by atoms with Crippen molar-refractivity contribution in [3.05, 3.63) is 53.8 Å². The van der Waals surface area contributed by atoms with Crippen molar-refractivity contribution in [3.63, 3.8) is 0 Å². The molecule has 0 bridgehead atoms. The third-order valence-electron chi connectivity index (χ3n) is 5.92. The van der Waals surface area contributed by atoms with Crippen molar-refractivity contribution < 1.29 is 36.9 Å². The number of aliphatic hydroxyl groups is 1. The number of nitrogens with one attached hydrogen (secondary N) is 2. The van der Waals surface area contributed by atoms with Crippen LogP contribution in [0.5, 0.6) is 5.75 Å². The van der Waals surface area contributed by atoms with Crippen LogP contribution in [0.3, 0.4) is 0 Å². The van der Waals surface area contributed by atoms with Crippen molar-refractivity contribution in [2.24, 2.45) is 0 Å². The lowest BCUT2D eigenvalue weighted by Gasteiger charge is -2.37. The molecule has 0 aliphatic carbocycles. The number of sulfonamides is 1. The zero-order valence-corrected chi connectivity index (χ0v) is 19.4. The summed E-state index contributed by atoms with van der Waals surface area (Å²) in [5.41, 5.74) is 1.10. The van der Waals surface area contributed by atoms with Gasteiger partial charge in [-0.1, -0.05) is 0 Å². The molecule has 184 valence electrons. The minimum atomic E-state index is -3.92. The molecule has 2 aliphatic rings. The van der Waals surface area contributed by atoms with Crippen LogP contribution in [0.15, 0.2) is 47.4 Å². The number of aliphatic hydroxyl groups excluding tert-OH is 1. The molecule has 0 unspecified atom stereocenters. The van der Waals surface area contributed by atoms with Crippen LogP contribution in [-0.2, 0) is 24.3 Å². The van der Waals surface area contributed by atoms with Crippen LogP contribution in [0.1, 0.15) is 24.3 Å². The van der Waals surface area contributed by atoms with Crippen LogP contribution in [-0.4, -0.2) is 64.6 Å². The average Bonchev–Trinajstić information content (AvgIpc) is 3.17. The number of halogens is 1. The van der Waals surface area contributed by atoms with E-state index in [0.29, 0.717) is 31.0 Å². The summed E-state index contributed by atoms with van der Waals surface area (Å²) in [7, 11) is -2.37. The zero-order chi connectivity index (χ0) is 24.3. The second-order valence-electron chi connectivity index (χ2n) is 8.26. The topological polar surface area (TPSA) is 123 Å². The number of amides is 1. The smallest absolute Gasteiger partial charge is 0.261 e. The fourth-order valence-corrected chi connectivity index (χ4v) is 5.40. The number of carbonyl (C=O) groups excluding carboxylic acids is 1. The van der Waals surface area contributed by atoms with E-state index in [4.69, 9.17) is 14.2 Å². The van der Waals surface area contributed by atoms with E-state index in [-0.39, 0.29) is 29.7 Å². The number of hydrogen-bond acceptors (Lipinski definition) is 7. The molecule has 2 aromatic rings. The predicted molar refractivity (Wildman–Crippen MR) is 121 cm³/mol. The average molecular weight is 495 g/mol. The van der Waals surface area contributed by atoms with Crippen molar-refractivity contribution >= 4 is 21.6 Å². The second-order valence-corrected chi connectivity index (χ2v) is 9.95. The molecule has 1 amide bonds. The Morgan fingerprint density at radius 2 is 2.00 bits per heavy atom. The summed E-state index contributed by atoms with van der Waals surface area (Å²) in [4.78, 5) is 12.2. The Labute approximate surface area is 197 Å². The first-order chi connectivity index (χ1) is 16.3. The Kier molecular flexibility index (Phi) is 7.36. The summed E-state index contributed by atoms with van der Waals surface area (Å²) >= 11 is 0. The number of ether oxygens (including phenoxy) is 3. The molecule has 11 heteroatoms. The third kappa shape index (κ3) is 5.33. The first-order valence-electron chi connectivity index (χ1n) is 10.9. The molecular formula is C23H27FN2O7S. The fourth-order valence-electron chi connectivity index (χ4n) is 4.35. The molecule has 3 N–H and O–H groups in total. The van der Waals surface area contributed by atoms with Crippen LogP contribution >= 0.6 is 0 Å². The molecule has 0 spiro atoms. The number of benzene rings is 2. The van der Waals surface area contributed by atoms with Gasteiger partial charge in [0.05, 0.1) is 30.6 Å². The lowest BCUT2D eigenvalue weighted by Crippen LogP contribution is -2.47. The van der Waals surface area contributed by atoms with E-state index >= 15 is 0 Å². The predicted octanol–water partition coefficient (Wildman–Crippen LogP) is 1.77. The minimum Gasteiger partial charge on any atom is -0.487 e. The standard InChI is InChI=1S/C23H27FN2O7S/c1-31-9-8-25-22(28)12-16-11-19-18-10-15(4-7-20(18)33-23(19)21(13-27)32-16)26-34(29,30)17-5-2-14(24)3-6-17/h2-7,10,16,19,21,23,26-27H,8-9,11-13H2,1H3,(H,25,28)/t16-,19+,21+,23-/m1/s1. The van der Waals surface area contributed by atoms with Gasteiger partial charge in [0.15, 0.2) is 0 Å². The maximum atomic E-state index is 13.2. The van der Waals surface area contributed by atoms with E-state index in [0.717, 1.165) is 17.7 Å². The molecule has 1 fully saturated rings. The van der Waals surface area contributed by atoms with Gasteiger partial charge in [-0.05, 0) is 48.9 Å². The fraction of sp³-hybridized carbons (Fsp3) is 0.435. The van der Waals surface area contributed by atoms with Crippen molar-refractivity contribution in [1.82, 2.24) is 5.32 Å². The summed E-state index contributed by atoms with van der Waals surface area (Å²) in [6.45, 7) is 0.515. The molecule has 0 saturated carbocycles. The summed E-state index contributed by atoms with van der Waals surface area (Å²) in [5.74, 6) is -0.323. The number of fused-ring (bicyclic) bond motifs is 3. The Morgan fingerprint density at radius 3 is 2.71 bits per heavy atom. The highest BCUT2D eigenvalue weighted by Gasteiger charge is 2.46. The molecule has 0 radical (unpaired) electrons. The molecule has 1 saturated heterocycles. The zero-order valence-electron chi connectivity index (χ0n) is 18.6. The van der Waals surface area contributed by atoms with Crippen LogP contribution < -0.4 is 14.8 Å². The van der Waals surface area contributed by atoms with Gasteiger partial charge in [0.25, 0.3) is 10.0 Å². The molecule has 2 aromatic carbocycles. The van der Waals surface area contributed by atoms with E-state index in [1.54, 1.807) is 25.3 Å². The summed E-state index contributed by atoms with van der Waals surface area (Å²) in [6.07, 6.45) is -0.913. The monoisotopic (exact) mass is 494 g/mol. The third-order valence-corrected chi connectivity index (χ3v) is 7.31. The highest BCUT2D eigenvalue weighted by molar-refractivity contribution is 7.92. The number of anilines is 1. The van der Waals surface area contributed by atoms with Crippen LogP contribution in [0.25, 0.3) is 0 Å². The van der Waals surface area contributed by atoms with Gasteiger partial charge >= 0.3 is 0 Å². The molecular weight excluding hydrogens is 467 g/mol. The van der Waals surface area contributed by atoms with Gasteiger partial charge in [0, 0.05) is 30.8 Å². The molecule has 0 aromatic heterocycles. The SMILES string of the molecule is COCCNC(=O)C[C@H]1C[C@H]2c3cc(NS(=O)(=O)c4ccc(F)cc4)ccc3O[C@H]2[C@H](CO)O1. The Bertz CT molecular complexity index is 1130. The Hall–Kier alpha value is -2.73. The van der Waals surface area contributed by atoms with Gasteiger partial charge < -0.3 is 24.6 Å². The number of rotatable bonds is 9. The molecule has 4 atom stereocenters. The van der Waals surface area contributed by atoms with Gasteiger partial charge in [-0.3, -0.25) is 9.52 Å². The molecule has 2 heterocycles. The van der Waals surface area contributed by atoms with Crippen LogP contribution in [0.2, 0.25) is 0 Å². The first-order valence-corrected chi connectivity index (χ1v) is 12.4. The summed E-state index contributed by atoms with van der Waals surface area (Å²) in [6, 6.07) is 9.48. The van der Waals surface area contributed by atoms with E-state index in [1.165, 1.54) is 12.1 Å². The maximum Gasteiger partial charge on any atom is 0.261 e. The molecule has 2 aliphatic heterocycles. The van der Waals surface area contributed by atoms with Crippen LogP contribution in [0, 0.1) is 5.82 Å². The molecule has 9 nitrogen and oxygen atoms in total. The van der Waals surface area contributed by atoms with E-state index < -0.39 is 34.2 Å². The molecule has 34 heavy (non-hydrogen) atoms. The largest absolute Gasteiger partial charge is 0.487 e. The second kappa shape index (κ2) is 10.3. The summed E-state index contributed by atoms with van der Waals surface area (Å²) in [5, 5.41) is 12.6. The Balaban J connectivity index is 1.51. The van der Waals surface area contributed by atoms with E-state index in [9.17, 15) is 22.7 Å². The van der Waals surface area contributed by atoms with E-state index in [2.05, 4.69) is 10.0 Å². The van der Waals surface area contributed by atoms with Crippen molar-refractivity contribution in [2.75, 3.05) is 31.6 Å². The van der Waals surface area contributed by atoms with Gasteiger partial charge in [-0.25, -0.2) is 12.8 Å². The highest BCUT2D eigenvalue weighted by atomic mass is 32.2.